The van der Waals surface area contributed by atoms with Crippen LogP contribution in [0.25, 0.3) is 0 Å². The van der Waals surface area contributed by atoms with Crippen LogP contribution in [0.15, 0.2) is 60.7 Å². The van der Waals surface area contributed by atoms with Crippen molar-refractivity contribution in [1.82, 2.24) is 0 Å². The summed E-state index contributed by atoms with van der Waals surface area (Å²) >= 11 is 0. The minimum Gasteiger partial charge on any atom is -0.153 e. The van der Waals surface area contributed by atoms with Gasteiger partial charge in [-0.3, -0.25) is 0 Å². The van der Waals surface area contributed by atoms with Gasteiger partial charge in [0.1, 0.15) is 0 Å². The summed E-state index contributed by atoms with van der Waals surface area (Å²) in [5, 5.41) is 0. The van der Waals surface area contributed by atoms with Crippen LogP contribution in [0.5, 0.6) is 0 Å². The fourth-order valence-corrected chi connectivity index (χ4v) is 3.27. The third-order valence-corrected chi connectivity index (χ3v) is 4.21. The van der Waals surface area contributed by atoms with E-state index in [0.717, 1.165) is 14.5 Å². The first-order valence-corrected chi connectivity index (χ1v) is 8.31. The van der Waals surface area contributed by atoms with Crippen molar-refractivity contribution in [1.29, 1.82) is 0 Å². The summed E-state index contributed by atoms with van der Waals surface area (Å²) in [5.41, 5.74) is 2.94. The van der Waals surface area contributed by atoms with Crippen molar-refractivity contribution in [3.05, 3.63) is 71.8 Å². The third-order valence-electron chi connectivity index (χ3n) is 3.23. The maximum Gasteiger partial charge on any atom is -0.0244 e. The van der Waals surface area contributed by atoms with Crippen molar-refractivity contribution in [2.45, 2.75) is 12.8 Å². The van der Waals surface area contributed by atoms with Crippen LogP contribution in [0.3, 0.4) is 0 Å². The Hall–Kier alpha value is -0.700. The zero-order chi connectivity index (χ0) is 12.6. The van der Waals surface area contributed by atoms with Crippen LogP contribution >= 0.6 is 18.5 Å². The summed E-state index contributed by atoms with van der Waals surface area (Å²) in [5.74, 6) is 0.776. The van der Waals surface area contributed by atoms with Crippen molar-refractivity contribution >= 4 is 18.5 Å². The van der Waals surface area contributed by atoms with Crippen LogP contribution in [0.2, 0.25) is 0 Å². The molecule has 0 spiro atoms. The van der Waals surface area contributed by atoms with Crippen molar-refractivity contribution in [3.63, 3.8) is 0 Å². The van der Waals surface area contributed by atoms with E-state index in [-0.39, 0.29) is 9.90 Å². The van der Waals surface area contributed by atoms with Crippen molar-refractivity contribution in [2.24, 2.45) is 5.92 Å². The van der Waals surface area contributed by atoms with Crippen LogP contribution in [0.4, 0.5) is 0 Å². The Morgan fingerprint density at radius 1 is 0.789 bits per heavy atom. The molecule has 102 valence electrons. The largest absolute Gasteiger partial charge is 0.153 e. The number of hydrogen-bond donors (Lipinski definition) is 0. The molecule has 19 heavy (non-hydrogen) atoms. The second kappa shape index (κ2) is 9.24. The lowest BCUT2D eigenvalue weighted by Crippen LogP contribution is -2.10. The summed E-state index contributed by atoms with van der Waals surface area (Å²) in [6.07, 6.45) is 3.75. The van der Waals surface area contributed by atoms with E-state index in [9.17, 15) is 0 Å². The molecule has 2 heteroatoms. The van der Waals surface area contributed by atoms with Gasteiger partial charge in [-0.25, -0.2) is 0 Å². The second-order valence-electron chi connectivity index (χ2n) is 4.80. The Labute approximate surface area is 122 Å². The predicted octanol–water partition coefficient (Wildman–Crippen LogP) is 4.45. The Kier molecular flexibility index (Phi) is 7.96. The molecule has 0 N–H and O–H groups in total. The number of rotatable bonds is 6. The van der Waals surface area contributed by atoms with Gasteiger partial charge >= 0.3 is 0 Å². The van der Waals surface area contributed by atoms with E-state index in [4.69, 9.17) is 0 Å². The van der Waals surface area contributed by atoms with Gasteiger partial charge in [0.2, 0.25) is 0 Å². The van der Waals surface area contributed by atoms with Gasteiger partial charge in [0.05, 0.1) is 0 Å². The van der Waals surface area contributed by atoms with E-state index in [1.165, 1.54) is 30.1 Å². The Bertz CT molecular complexity index is 398. The van der Waals surface area contributed by atoms with Gasteiger partial charge < -0.3 is 0 Å². The molecular weight excluding hydrogens is 266 g/mol. The summed E-state index contributed by atoms with van der Waals surface area (Å²) in [7, 11) is 1.04. The zero-order valence-electron chi connectivity index (χ0n) is 11.7. The SMILES string of the molecule is CPCC(Cc1ccccc1)Cc1ccccc1.P. The summed E-state index contributed by atoms with van der Waals surface area (Å²) in [6, 6.07) is 21.7. The first kappa shape index (κ1) is 16.4. The lowest BCUT2D eigenvalue weighted by Gasteiger charge is -2.16. The smallest absolute Gasteiger partial charge is 0.0244 e. The van der Waals surface area contributed by atoms with E-state index < -0.39 is 0 Å². The van der Waals surface area contributed by atoms with E-state index in [1.54, 1.807) is 0 Å². The molecule has 0 radical (unpaired) electrons. The maximum atomic E-state index is 2.31. The molecule has 2 rings (SSSR count). The molecule has 0 nitrogen and oxygen atoms in total. The highest BCUT2D eigenvalue weighted by molar-refractivity contribution is 7.36. The molecular formula is C17H24P2. The Morgan fingerprint density at radius 3 is 1.58 bits per heavy atom. The molecule has 2 aromatic rings. The van der Waals surface area contributed by atoms with E-state index in [1.807, 2.05) is 0 Å². The van der Waals surface area contributed by atoms with Crippen LogP contribution < -0.4 is 0 Å². The van der Waals surface area contributed by atoms with Crippen LogP contribution in [0, 0.1) is 5.92 Å². The average Bonchev–Trinajstić information content (AvgIpc) is 2.41. The molecule has 0 aromatic heterocycles. The van der Waals surface area contributed by atoms with Crippen LogP contribution in [-0.4, -0.2) is 12.8 Å². The molecule has 0 aliphatic carbocycles. The quantitative estimate of drug-likeness (QED) is 0.689. The zero-order valence-corrected chi connectivity index (χ0v) is 14.1. The predicted molar refractivity (Wildman–Crippen MR) is 94.0 cm³/mol. The van der Waals surface area contributed by atoms with Gasteiger partial charge in [-0.05, 0) is 42.7 Å². The molecule has 2 unspecified atom stereocenters. The highest BCUT2D eigenvalue weighted by atomic mass is 31.1. The first-order chi connectivity index (χ1) is 8.88. The lowest BCUT2D eigenvalue weighted by atomic mass is 9.94. The molecule has 2 atom stereocenters. The van der Waals surface area contributed by atoms with E-state index in [0.29, 0.717) is 0 Å². The Balaban J connectivity index is 0.00000180. The topological polar surface area (TPSA) is 0 Å². The minimum absolute atomic E-state index is 0. The van der Waals surface area contributed by atoms with Crippen molar-refractivity contribution < 1.29 is 0 Å². The summed E-state index contributed by atoms with van der Waals surface area (Å²) < 4.78 is 0. The van der Waals surface area contributed by atoms with Gasteiger partial charge in [0, 0.05) is 0 Å². The molecule has 0 saturated heterocycles. The summed E-state index contributed by atoms with van der Waals surface area (Å²) in [6.45, 7) is 2.31. The molecule has 0 bridgehead atoms. The fourth-order valence-electron chi connectivity index (χ4n) is 2.40. The third kappa shape index (κ3) is 5.85. The average molecular weight is 290 g/mol. The monoisotopic (exact) mass is 290 g/mol. The first-order valence-electron chi connectivity index (χ1n) is 6.61. The molecule has 0 aliphatic rings. The minimum atomic E-state index is 0. The van der Waals surface area contributed by atoms with Gasteiger partial charge in [0.25, 0.3) is 0 Å². The van der Waals surface area contributed by atoms with E-state index >= 15 is 0 Å². The van der Waals surface area contributed by atoms with Gasteiger partial charge in [-0.15, -0.1) is 8.58 Å². The lowest BCUT2D eigenvalue weighted by molar-refractivity contribution is 0.586. The second-order valence-corrected chi connectivity index (χ2v) is 5.92. The Morgan fingerprint density at radius 2 is 1.21 bits per heavy atom. The van der Waals surface area contributed by atoms with Crippen molar-refractivity contribution in [2.75, 3.05) is 12.8 Å². The van der Waals surface area contributed by atoms with Gasteiger partial charge in [-0.2, -0.15) is 9.90 Å². The molecule has 0 heterocycles. The van der Waals surface area contributed by atoms with E-state index in [2.05, 4.69) is 67.3 Å². The molecule has 0 fully saturated rings. The van der Waals surface area contributed by atoms with Crippen LogP contribution in [0.1, 0.15) is 11.1 Å². The fraction of sp³-hybridized carbons (Fsp3) is 0.294. The molecule has 0 saturated carbocycles. The van der Waals surface area contributed by atoms with Gasteiger partial charge in [0.15, 0.2) is 0 Å². The standard InChI is InChI=1S/C17H21P.H3P/c1-18-14-17(12-15-8-4-2-5-9-15)13-16-10-6-3-7-11-16;/h2-11,17-18H,12-14H2,1H3;1H3. The molecule has 0 aliphatic heterocycles. The molecule has 0 amide bonds. The van der Waals surface area contributed by atoms with Crippen LogP contribution in [-0.2, 0) is 12.8 Å². The highest BCUT2D eigenvalue weighted by Crippen LogP contribution is 2.20. The maximum absolute atomic E-state index is 2.31. The highest BCUT2D eigenvalue weighted by Gasteiger charge is 2.09. The number of benzene rings is 2. The molecule has 2 aromatic carbocycles. The number of hydrogen-bond acceptors (Lipinski definition) is 0. The summed E-state index contributed by atoms with van der Waals surface area (Å²) in [4.78, 5) is 0. The van der Waals surface area contributed by atoms with Gasteiger partial charge in [-0.1, -0.05) is 60.7 Å². The normalized spacial score (nSPS) is 10.8. The van der Waals surface area contributed by atoms with Crippen molar-refractivity contribution in [3.8, 4) is 0 Å².